The molecule has 32 heavy (non-hydrogen) atoms. The number of ketones is 1. The predicted molar refractivity (Wildman–Crippen MR) is 113 cm³/mol. The van der Waals surface area contributed by atoms with Crippen molar-refractivity contribution in [2.45, 2.75) is 38.4 Å². The van der Waals surface area contributed by atoms with Gasteiger partial charge < -0.3 is 4.90 Å². The molecule has 0 aliphatic carbocycles. The van der Waals surface area contributed by atoms with E-state index in [1.807, 2.05) is 18.2 Å². The van der Waals surface area contributed by atoms with Crippen LogP contribution in [0.1, 0.15) is 51.2 Å². The number of benzene rings is 1. The zero-order valence-corrected chi connectivity index (χ0v) is 18.1. The number of aryl methyl sites for hydroxylation is 1. The van der Waals surface area contributed by atoms with Crippen molar-refractivity contribution in [1.29, 1.82) is 0 Å². The molecule has 1 aliphatic heterocycles. The molecule has 2 aromatic heterocycles. The van der Waals surface area contributed by atoms with Crippen LogP contribution in [0, 0.1) is 6.92 Å². The number of carbonyl (C=O) groups is 2. The van der Waals surface area contributed by atoms with Gasteiger partial charge >= 0.3 is 6.18 Å². The van der Waals surface area contributed by atoms with E-state index in [0.29, 0.717) is 42.9 Å². The predicted octanol–water partition coefficient (Wildman–Crippen LogP) is 4.30. The minimum Gasteiger partial charge on any atom is -0.341 e. The van der Waals surface area contributed by atoms with E-state index in [1.165, 1.54) is 18.3 Å². The summed E-state index contributed by atoms with van der Waals surface area (Å²) in [6.07, 6.45) is -3.17. The summed E-state index contributed by atoms with van der Waals surface area (Å²) in [4.78, 5) is 31.3. The summed E-state index contributed by atoms with van der Waals surface area (Å²) in [6.45, 7) is 2.24. The van der Waals surface area contributed by atoms with Crippen molar-refractivity contribution in [1.82, 2.24) is 19.7 Å². The van der Waals surface area contributed by atoms with Crippen molar-refractivity contribution in [2.24, 2.45) is 0 Å². The number of hydrogen-bond donors (Lipinski definition) is 0. The molecule has 6 nitrogen and oxygen atoms in total. The zero-order valence-electron chi connectivity index (χ0n) is 17.3. The Morgan fingerprint density at radius 2 is 1.84 bits per heavy atom. The Morgan fingerprint density at radius 3 is 2.47 bits per heavy atom. The minimum absolute atomic E-state index is 0.117. The number of aromatic nitrogens is 3. The quantitative estimate of drug-likeness (QED) is 0.530. The number of rotatable bonds is 5. The van der Waals surface area contributed by atoms with Crippen LogP contribution in [-0.2, 0) is 17.5 Å². The summed E-state index contributed by atoms with van der Waals surface area (Å²) < 4.78 is 39.6. The highest BCUT2D eigenvalue weighted by atomic mass is 32.1. The van der Waals surface area contributed by atoms with Gasteiger partial charge in [-0.25, -0.2) is 4.98 Å². The monoisotopic (exact) mass is 462 g/mol. The number of likely N-dealkylation sites (tertiary alicyclic amines) is 1. The summed E-state index contributed by atoms with van der Waals surface area (Å²) in [6, 6.07) is 9.91. The van der Waals surface area contributed by atoms with Crippen molar-refractivity contribution in [3.8, 4) is 0 Å². The molecular weight excluding hydrogens is 441 g/mol. The van der Waals surface area contributed by atoms with Crippen LogP contribution in [0.25, 0.3) is 0 Å². The minimum atomic E-state index is -4.54. The van der Waals surface area contributed by atoms with E-state index in [2.05, 4.69) is 10.1 Å². The van der Waals surface area contributed by atoms with Crippen molar-refractivity contribution in [3.05, 3.63) is 69.4 Å². The van der Waals surface area contributed by atoms with Crippen molar-refractivity contribution < 1.29 is 22.8 Å². The normalized spacial score (nSPS) is 15.2. The van der Waals surface area contributed by atoms with Crippen LogP contribution in [0.3, 0.4) is 0 Å². The Kier molecular flexibility index (Phi) is 6.14. The highest BCUT2D eigenvalue weighted by Crippen LogP contribution is 2.31. The molecule has 1 aromatic carbocycles. The van der Waals surface area contributed by atoms with Crippen LogP contribution in [-0.4, -0.2) is 44.4 Å². The summed E-state index contributed by atoms with van der Waals surface area (Å²) in [5.41, 5.74) is 0.307. The molecular formula is C22H21F3N4O2S. The molecule has 1 saturated heterocycles. The maximum Gasteiger partial charge on any atom is 0.435 e. The second-order valence-electron chi connectivity index (χ2n) is 7.75. The third-order valence-electron chi connectivity index (χ3n) is 5.54. The average Bonchev–Trinajstić information content (AvgIpc) is 3.41. The standard InChI is InChI=1S/C22H21F3N4O2S/c1-14-11-18(22(23,24)25)27-29(14)12-19(30)28-9-7-16(8-10-28)21-26-17(13-32-21)20(31)15-5-3-2-4-6-15/h2-6,11,13,16H,7-10,12H2,1H3. The number of thiazole rings is 1. The number of nitrogens with zero attached hydrogens (tertiary/aromatic N) is 4. The number of hydrogen-bond acceptors (Lipinski definition) is 5. The van der Waals surface area contributed by atoms with Gasteiger partial charge in [0.2, 0.25) is 11.7 Å². The fraction of sp³-hybridized carbons (Fsp3) is 0.364. The number of carbonyl (C=O) groups excluding carboxylic acids is 2. The second kappa shape index (κ2) is 8.85. The Bertz CT molecular complexity index is 1120. The van der Waals surface area contributed by atoms with Gasteiger partial charge in [-0.05, 0) is 25.8 Å². The summed E-state index contributed by atoms with van der Waals surface area (Å²) >= 11 is 1.44. The summed E-state index contributed by atoms with van der Waals surface area (Å²) in [7, 11) is 0. The molecule has 0 bridgehead atoms. The molecule has 1 fully saturated rings. The Labute approximate surface area is 186 Å². The lowest BCUT2D eigenvalue weighted by atomic mass is 9.97. The van der Waals surface area contributed by atoms with Crippen molar-refractivity contribution in [2.75, 3.05) is 13.1 Å². The lowest BCUT2D eigenvalue weighted by Gasteiger charge is -2.31. The first-order valence-corrected chi connectivity index (χ1v) is 11.0. The summed E-state index contributed by atoms with van der Waals surface area (Å²) in [5, 5.41) is 6.16. The molecule has 4 rings (SSSR count). The molecule has 3 aromatic rings. The zero-order chi connectivity index (χ0) is 22.9. The highest BCUT2D eigenvalue weighted by Gasteiger charge is 2.35. The van der Waals surface area contributed by atoms with Gasteiger partial charge in [-0.3, -0.25) is 14.3 Å². The molecule has 0 radical (unpaired) electrons. The fourth-order valence-electron chi connectivity index (χ4n) is 3.73. The van der Waals surface area contributed by atoms with Crippen LogP contribution < -0.4 is 0 Å². The van der Waals surface area contributed by atoms with Crippen LogP contribution in [0.2, 0.25) is 0 Å². The third-order valence-corrected chi connectivity index (χ3v) is 6.55. The van der Waals surface area contributed by atoms with E-state index in [-0.39, 0.29) is 24.2 Å². The molecule has 3 heterocycles. The van der Waals surface area contributed by atoms with E-state index in [1.54, 1.807) is 22.4 Å². The number of halogens is 3. The average molecular weight is 462 g/mol. The van der Waals surface area contributed by atoms with Gasteiger partial charge in [0, 0.05) is 35.6 Å². The van der Waals surface area contributed by atoms with E-state index in [0.717, 1.165) is 15.8 Å². The van der Waals surface area contributed by atoms with Gasteiger partial charge in [-0.1, -0.05) is 30.3 Å². The van der Waals surface area contributed by atoms with Gasteiger partial charge in [0.15, 0.2) is 5.69 Å². The lowest BCUT2D eigenvalue weighted by molar-refractivity contribution is -0.142. The van der Waals surface area contributed by atoms with Crippen LogP contribution in [0.5, 0.6) is 0 Å². The third kappa shape index (κ3) is 4.74. The molecule has 168 valence electrons. The van der Waals surface area contributed by atoms with E-state index in [4.69, 9.17) is 0 Å². The van der Waals surface area contributed by atoms with Crippen LogP contribution >= 0.6 is 11.3 Å². The van der Waals surface area contributed by atoms with E-state index in [9.17, 15) is 22.8 Å². The molecule has 0 saturated carbocycles. The molecule has 0 spiro atoms. The van der Waals surface area contributed by atoms with Gasteiger partial charge in [0.05, 0.1) is 5.01 Å². The molecule has 1 aliphatic rings. The van der Waals surface area contributed by atoms with Gasteiger partial charge in [-0.2, -0.15) is 18.3 Å². The second-order valence-corrected chi connectivity index (χ2v) is 8.64. The Hall–Kier alpha value is -3.01. The first-order valence-electron chi connectivity index (χ1n) is 10.2. The molecule has 1 amide bonds. The number of alkyl halides is 3. The number of piperidine rings is 1. The Balaban J connectivity index is 1.35. The smallest absolute Gasteiger partial charge is 0.341 e. The van der Waals surface area contributed by atoms with E-state index < -0.39 is 11.9 Å². The lowest BCUT2D eigenvalue weighted by Crippen LogP contribution is -2.40. The van der Waals surface area contributed by atoms with Gasteiger partial charge in [-0.15, -0.1) is 11.3 Å². The molecule has 0 unspecified atom stereocenters. The van der Waals surface area contributed by atoms with Gasteiger partial charge in [0.25, 0.3) is 0 Å². The largest absolute Gasteiger partial charge is 0.435 e. The van der Waals surface area contributed by atoms with Gasteiger partial charge in [0.1, 0.15) is 12.2 Å². The van der Waals surface area contributed by atoms with Crippen molar-refractivity contribution in [3.63, 3.8) is 0 Å². The maximum atomic E-state index is 12.8. The highest BCUT2D eigenvalue weighted by molar-refractivity contribution is 7.10. The van der Waals surface area contributed by atoms with Crippen LogP contribution in [0.15, 0.2) is 41.8 Å². The van der Waals surface area contributed by atoms with Crippen molar-refractivity contribution >= 4 is 23.0 Å². The maximum absolute atomic E-state index is 12.8. The van der Waals surface area contributed by atoms with Crippen LogP contribution in [0.4, 0.5) is 13.2 Å². The first-order chi connectivity index (χ1) is 15.2. The summed E-state index contributed by atoms with van der Waals surface area (Å²) in [5.74, 6) is -0.236. The molecule has 0 atom stereocenters. The first kappa shape index (κ1) is 22.2. The fourth-order valence-corrected chi connectivity index (χ4v) is 4.70. The van der Waals surface area contributed by atoms with E-state index >= 15 is 0 Å². The topological polar surface area (TPSA) is 68.1 Å². The number of amides is 1. The molecule has 10 heteroatoms. The molecule has 0 N–H and O–H groups in total. The Morgan fingerprint density at radius 1 is 1.16 bits per heavy atom. The SMILES string of the molecule is Cc1cc(C(F)(F)F)nn1CC(=O)N1CCC(c2nc(C(=O)c3ccccc3)cs2)CC1.